The molecule has 3 N–H and O–H groups in total. The van der Waals surface area contributed by atoms with E-state index in [0.29, 0.717) is 5.56 Å². The maximum Gasteiger partial charge on any atom is 0.488 e. The lowest BCUT2D eigenvalue weighted by molar-refractivity contribution is 0.425. The SMILES string of the molecule is Cc1cn(Cc2ccc(B(O)O)cc2F)c(=O)[nH]c1=O. The van der Waals surface area contributed by atoms with Gasteiger partial charge in [0.2, 0.25) is 0 Å². The molecule has 1 aromatic heterocycles. The summed E-state index contributed by atoms with van der Waals surface area (Å²) in [4.78, 5) is 24.9. The van der Waals surface area contributed by atoms with E-state index in [1.807, 2.05) is 0 Å². The average Bonchev–Trinajstić information content (AvgIpc) is 2.37. The molecule has 0 atom stereocenters. The van der Waals surface area contributed by atoms with Gasteiger partial charge in [-0.05, 0) is 18.5 Å². The van der Waals surface area contributed by atoms with Crippen molar-refractivity contribution in [3.63, 3.8) is 0 Å². The van der Waals surface area contributed by atoms with E-state index in [2.05, 4.69) is 4.98 Å². The van der Waals surface area contributed by atoms with Crippen LogP contribution in [0.2, 0.25) is 0 Å². The van der Waals surface area contributed by atoms with Crippen molar-refractivity contribution in [2.45, 2.75) is 13.5 Å². The molecule has 0 amide bonds. The lowest BCUT2D eigenvalue weighted by Crippen LogP contribution is -2.32. The normalized spacial score (nSPS) is 10.6. The van der Waals surface area contributed by atoms with Crippen LogP contribution in [0.4, 0.5) is 4.39 Å². The summed E-state index contributed by atoms with van der Waals surface area (Å²) in [5.74, 6) is -0.661. The van der Waals surface area contributed by atoms with Crippen LogP contribution in [-0.4, -0.2) is 26.7 Å². The molecule has 2 aromatic rings. The summed E-state index contributed by atoms with van der Waals surface area (Å²) in [6.45, 7) is 1.47. The van der Waals surface area contributed by atoms with E-state index < -0.39 is 24.2 Å². The Morgan fingerprint density at radius 1 is 1.35 bits per heavy atom. The summed E-state index contributed by atoms with van der Waals surface area (Å²) in [6, 6.07) is 3.70. The third-order valence-corrected chi connectivity index (χ3v) is 2.90. The number of benzene rings is 1. The molecule has 20 heavy (non-hydrogen) atoms. The zero-order chi connectivity index (χ0) is 14.9. The van der Waals surface area contributed by atoms with E-state index in [9.17, 15) is 14.0 Å². The topological polar surface area (TPSA) is 95.3 Å². The number of aryl methyl sites for hydroxylation is 1. The minimum absolute atomic E-state index is 0.0243. The molecular formula is C12H12BFN2O4. The zero-order valence-electron chi connectivity index (χ0n) is 10.6. The fourth-order valence-electron chi connectivity index (χ4n) is 1.77. The van der Waals surface area contributed by atoms with Gasteiger partial charge >= 0.3 is 12.8 Å². The number of rotatable bonds is 3. The minimum atomic E-state index is -1.75. The van der Waals surface area contributed by atoms with Crippen LogP contribution in [0.15, 0.2) is 34.0 Å². The maximum atomic E-state index is 13.8. The third-order valence-electron chi connectivity index (χ3n) is 2.90. The quantitative estimate of drug-likeness (QED) is 0.609. The Hall–Kier alpha value is -2.19. The highest BCUT2D eigenvalue weighted by Crippen LogP contribution is 2.06. The average molecular weight is 278 g/mol. The highest BCUT2D eigenvalue weighted by Gasteiger charge is 2.14. The van der Waals surface area contributed by atoms with Gasteiger partial charge in [-0.3, -0.25) is 14.3 Å². The molecule has 8 heteroatoms. The van der Waals surface area contributed by atoms with Gasteiger partial charge < -0.3 is 10.0 Å². The third kappa shape index (κ3) is 2.86. The van der Waals surface area contributed by atoms with Crippen molar-refractivity contribution in [1.82, 2.24) is 9.55 Å². The summed E-state index contributed by atoms with van der Waals surface area (Å²) in [5.41, 5.74) is -0.552. The lowest BCUT2D eigenvalue weighted by Gasteiger charge is -2.08. The fourth-order valence-corrected chi connectivity index (χ4v) is 1.77. The molecule has 0 fully saturated rings. The highest BCUT2D eigenvalue weighted by atomic mass is 19.1. The first-order valence-electron chi connectivity index (χ1n) is 5.83. The van der Waals surface area contributed by atoms with Crippen molar-refractivity contribution < 1.29 is 14.4 Å². The minimum Gasteiger partial charge on any atom is -0.423 e. The smallest absolute Gasteiger partial charge is 0.423 e. The summed E-state index contributed by atoms with van der Waals surface area (Å²) in [6.07, 6.45) is 1.34. The first-order chi connectivity index (χ1) is 9.38. The van der Waals surface area contributed by atoms with Gasteiger partial charge in [0.1, 0.15) is 5.82 Å². The molecule has 0 radical (unpaired) electrons. The van der Waals surface area contributed by atoms with E-state index >= 15 is 0 Å². The van der Waals surface area contributed by atoms with Gasteiger partial charge in [-0.2, -0.15) is 0 Å². The number of nitrogens with one attached hydrogen (secondary N) is 1. The van der Waals surface area contributed by atoms with E-state index in [1.54, 1.807) is 0 Å². The van der Waals surface area contributed by atoms with Gasteiger partial charge in [0.15, 0.2) is 0 Å². The standard InChI is InChI=1S/C12H12BFN2O4/c1-7-5-16(12(18)15-11(7)17)6-8-2-3-9(13(19)20)4-10(8)14/h2-5,19-20H,6H2,1H3,(H,15,17,18). The van der Waals surface area contributed by atoms with Crippen molar-refractivity contribution in [2.24, 2.45) is 0 Å². The van der Waals surface area contributed by atoms with E-state index in [0.717, 1.165) is 6.07 Å². The van der Waals surface area contributed by atoms with Crippen molar-refractivity contribution >= 4 is 12.6 Å². The van der Waals surface area contributed by atoms with Gasteiger partial charge in [0.05, 0.1) is 6.54 Å². The number of aromatic nitrogens is 2. The van der Waals surface area contributed by atoms with Crippen LogP contribution in [0, 0.1) is 12.7 Å². The summed E-state index contributed by atoms with van der Waals surface area (Å²) < 4.78 is 15.0. The van der Waals surface area contributed by atoms with Crippen LogP contribution in [0.5, 0.6) is 0 Å². The molecule has 0 aliphatic rings. The van der Waals surface area contributed by atoms with E-state index in [4.69, 9.17) is 10.0 Å². The van der Waals surface area contributed by atoms with Gasteiger partial charge in [-0.15, -0.1) is 0 Å². The first kappa shape index (κ1) is 14.2. The van der Waals surface area contributed by atoms with Crippen LogP contribution in [-0.2, 0) is 6.54 Å². The summed E-state index contributed by atoms with van der Waals surface area (Å²) in [5, 5.41) is 17.9. The van der Waals surface area contributed by atoms with E-state index in [-0.39, 0.29) is 17.6 Å². The molecule has 1 aromatic carbocycles. The maximum absolute atomic E-state index is 13.8. The van der Waals surface area contributed by atoms with E-state index in [1.165, 1.54) is 29.8 Å². The Kier molecular flexibility index (Phi) is 3.87. The molecule has 104 valence electrons. The molecule has 0 saturated carbocycles. The van der Waals surface area contributed by atoms with Crippen LogP contribution in [0.25, 0.3) is 0 Å². The summed E-state index contributed by atoms with van der Waals surface area (Å²) in [7, 11) is -1.75. The van der Waals surface area contributed by atoms with Gasteiger partial charge in [-0.25, -0.2) is 9.18 Å². The second-order valence-electron chi connectivity index (χ2n) is 4.42. The van der Waals surface area contributed by atoms with Gasteiger partial charge in [0, 0.05) is 17.3 Å². The van der Waals surface area contributed by atoms with Crippen LogP contribution < -0.4 is 16.7 Å². The Bertz CT molecular complexity index is 754. The number of aromatic amines is 1. The first-order valence-corrected chi connectivity index (χ1v) is 5.83. The highest BCUT2D eigenvalue weighted by molar-refractivity contribution is 6.58. The molecular weight excluding hydrogens is 266 g/mol. The molecule has 0 bridgehead atoms. The zero-order valence-corrected chi connectivity index (χ0v) is 10.6. The van der Waals surface area contributed by atoms with Gasteiger partial charge in [-0.1, -0.05) is 12.1 Å². The van der Waals surface area contributed by atoms with Crippen LogP contribution in [0.3, 0.4) is 0 Å². The monoisotopic (exact) mass is 278 g/mol. The number of hydrogen-bond acceptors (Lipinski definition) is 4. The second-order valence-corrected chi connectivity index (χ2v) is 4.42. The van der Waals surface area contributed by atoms with Crippen molar-refractivity contribution in [3.8, 4) is 0 Å². The summed E-state index contributed by atoms with van der Waals surface area (Å²) >= 11 is 0. The molecule has 0 saturated heterocycles. The lowest BCUT2D eigenvalue weighted by atomic mass is 9.80. The molecule has 0 unspecified atom stereocenters. The van der Waals surface area contributed by atoms with Gasteiger partial charge in [0.25, 0.3) is 5.56 Å². The molecule has 0 aliphatic heterocycles. The molecule has 2 rings (SSSR count). The van der Waals surface area contributed by atoms with Crippen molar-refractivity contribution in [2.75, 3.05) is 0 Å². The Morgan fingerprint density at radius 2 is 2.05 bits per heavy atom. The van der Waals surface area contributed by atoms with Crippen LogP contribution in [0.1, 0.15) is 11.1 Å². The molecule has 0 aliphatic carbocycles. The second kappa shape index (κ2) is 5.44. The van der Waals surface area contributed by atoms with Crippen molar-refractivity contribution in [3.05, 3.63) is 62.2 Å². The number of hydrogen-bond donors (Lipinski definition) is 3. The molecule has 0 spiro atoms. The fraction of sp³-hybridized carbons (Fsp3) is 0.167. The Labute approximate surface area is 113 Å². The number of H-pyrrole nitrogens is 1. The Balaban J connectivity index is 2.38. The number of halogens is 1. The Morgan fingerprint density at radius 3 is 2.65 bits per heavy atom. The van der Waals surface area contributed by atoms with Crippen molar-refractivity contribution in [1.29, 1.82) is 0 Å². The predicted octanol–water partition coefficient (Wildman–Crippen LogP) is -1.29. The van der Waals surface area contributed by atoms with Crippen LogP contribution >= 0.6 is 0 Å². The largest absolute Gasteiger partial charge is 0.488 e. The number of nitrogens with zero attached hydrogens (tertiary/aromatic N) is 1. The molecule has 1 heterocycles. The predicted molar refractivity (Wildman–Crippen MR) is 71.4 cm³/mol. The molecule has 6 nitrogen and oxygen atoms in total.